The van der Waals surface area contributed by atoms with Gasteiger partial charge in [-0.2, -0.15) is 0 Å². The Labute approximate surface area is 125 Å². The molecule has 2 aromatic carbocycles. The Hall–Kier alpha value is -2.09. The van der Waals surface area contributed by atoms with Gasteiger partial charge >= 0.3 is 0 Å². The summed E-state index contributed by atoms with van der Waals surface area (Å²) in [6.07, 6.45) is 4.94. The van der Waals surface area contributed by atoms with Crippen LogP contribution in [0.4, 0.5) is 0 Å². The molecule has 1 spiro atoms. The summed E-state index contributed by atoms with van der Waals surface area (Å²) < 4.78 is 0. The third-order valence-electron chi connectivity index (χ3n) is 5.19. The van der Waals surface area contributed by atoms with Gasteiger partial charge in [-0.25, -0.2) is 0 Å². The van der Waals surface area contributed by atoms with Crippen molar-refractivity contribution in [3.63, 3.8) is 0 Å². The molecule has 0 radical (unpaired) electrons. The number of rotatable bonds is 0. The highest BCUT2D eigenvalue weighted by Gasteiger charge is 2.42. The number of fused-ring (bicyclic) bond motifs is 3. The fourth-order valence-electron chi connectivity index (χ4n) is 4.18. The van der Waals surface area contributed by atoms with Gasteiger partial charge in [-0.05, 0) is 54.4 Å². The summed E-state index contributed by atoms with van der Waals surface area (Å²) in [5, 5.41) is 12.7. The monoisotopic (exact) mass is 277 g/mol. The highest BCUT2D eigenvalue weighted by molar-refractivity contribution is 5.88. The molecule has 2 aromatic rings. The van der Waals surface area contributed by atoms with E-state index in [0.29, 0.717) is 0 Å². The first-order valence-corrected chi connectivity index (χ1v) is 7.66. The van der Waals surface area contributed by atoms with Crippen molar-refractivity contribution in [3.8, 4) is 0 Å². The maximum Gasteiger partial charge on any atom is 0.0580 e. The first-order chi connectivity index (χ1) is 10.3. The van der Waals surface area contributed by atoms with Crippen LogP contribution in [-0.2, 0) is 18.3 Å². The Morgan fingerprint density at radius 1 is 0.857 bits per heavy atom. The van der Waals surface area contributed by atoms with Crippen LogP contribution in [0.15, 0.2) is 53.7 Å². The average Bonchev–Trinajstić information content (AvgIpc) is 2.87. The third kappa shape index (κ3) is 1.98. The summed E-state index contributed by atoms with van der Waals surface area (Å²) in [5.41, 5.74) is 6.85. The van der Waals surface area contributed by atoms with Gasteiger partial charge in [-0.3, -0.25) is 0 Å². The molecule has 0 amide bonds. The molecule has 0 bridgehead atoms. The molecule has 1 N–H and O–H groups in total. The van der Waals surface area contributed by atoms with E-state index in [9.17, 15) is 5.21 Å². The molecule has 2 aliphatic carbocycles. The molecule has 21 heavy (non-hydrogen) atoms. The van der Waals surface area contributed by atoms with Gasteiger partial charge in [0.1, 0.15) is 0 Å². The minimum absolute atomic E-state index is 0.116. The normalized spacial score (nSPS) is 25.6. The number of oxime groups is 1. The van der Waals surface area contributed by atoms with Crippen molar-refractivity contribution >= 4 is 5.71 Å². The summed E-state index contributed by atoms with van der Waals surface area (Å²) in [5.74, 6) is 0. The molecular weight excluding hydrogens is 258 g/mol. The molecule has 1 atom stereocenters. The lowest BCUT2D eigenvalue weighted by molar-refractivity contribution is 0.316. The zero-order valence-corrected chi connectivity index (χ0v) is 12.0. The van der Waals surface area contributed by atoms with Gasteiger partial charge < -0.3 is 5.21 Å². The van der Waals surface area contributed by atoms with Crippen LogP contribution in [0, 0.1) is 0 Å². The second-order valence-corrected chi connectivity index (χ2v) is 6.40. The van der Waals surface area contributed by atoms with Gasteiger partial charge in [0.25, 0.3) is 0 Å². The minimum Gasteiger partial charge on any atom is -0.411 e. The molecule has 2 nitrogen and oxygen atoms in total. The van der Waals surface area contributed by atoms with E-state index in [1.807, 2.05) is 0 Å². The fourth-order valence-corrected chi connectivity index (χ4v) is 4.18. The van der Waals surface area contributed by atoms with E-state index in [2.05, 4.69) is 53.7 Å². The van der Waals surface area contributed by atoms with E-state index in [-0.39, 0.29) is 5.41 Å². The van der Waals surface area contributed by atoms with Crippen molar-refractivity contribution < 1.29 is 5.21 Å². The standard InChI is InChI=1S/C19H19NO/c21-20-17-9-10-19(13-17)12-16-7-2-1-5-14(16)11-15-6-3-4-8-18(15)19/h1-8,21H,9-13H2/b20-17+. The van der Waals surface area contributed by atoms with Gasteiger partial charge in [0.05, 0.1) is 5.71 Å². The fraction of sp³-hybridized carbons (Fsp3) is 0.316. The Morgan fingerprint density at radius 2 is 1.57 bits per heavy atom. The number of hydrogen-bond acceptors (Lipinski definition) is 2. The first-order valence-electron chi connectivity index (χ1n) is 7.66. The van der Waals surface area contributed by atoms with Crippen LogP contribution >= 0.6 is 0 Å². The number of nitrogens with zero attached hydrogens (tertiary/aromatic N) is 1. The number of benzene rings is 2. The van der Waals surface area contributed by atoms with E-state index < -0.39 is 0 Å². The Bertz CT molecular complexity index is 719. The van der Waals surface area contributed by atoms with Gasteiger partial charge in [0, 0.05) is 5.41 Å². The van der Waals surface area contributed by atoms with E-state index in [0.717, 1.165) is 37.8 Å². The second-order valence-electron chi connectivity index (χ2n) is 6.40. The van der Waals surface area contributed by atoms with Crippen LogP contribution in [0.2, 0.25) is 0 Å². The zero-order valence-electron chi connectivity index (χ0n) is 12.0. The summed E-state index contributed by atoms with van der Waals surface area (Å²) >= 11 is 0. The van der Waals surface area contributed by atoms with Gasteiger partial charge in [0.15, 0.2) is 0 Å². The zero-order chi connectivity index (χ0) is 14.3. The molecule has 4 rings (SSSR count). The Morgan fingerprint density at radius 3 is 2.33 bits per heavy atom. The van der Waals surface area contributed by atoms with Crippen LogP contribution in [0.25, 0.3) is 0 Å². The van der Waals surface area contributed by atoms with Crippen LogP contribution in [0.1, 0.15) is 41.5 Å². The van der Waals surface area contributed by atoms with Crippen molar-refractivity contribution in [2.24, 2.45) is 5.16 Å². The summed E-state index contributed by atoms with van der Waals surface area (Å²) in [6, 6.07) is 17.6. The average molecular weight is 277 g/mol. The smallest absolute Gasteiger partial charge is 0.0580 e. The molecule has 0 aromatic heterocycles. The molecule has 106 valence electrons. The van der Waals surface area contributed by atoms with Gasteiger partial charge in [0.2, 0.25) is 0 Å². The van der Waals surface area contributed by atoms with Crippen molar-refractivity contribution in [1.82, 2.24) is 0 Å². The minimum atomic E-state index is 0.116. The van der Waals surface area contributed by atoms with Crippen LogP contribution in [0.5, 0.6) is 0 Å². The highest BCUT2D eigenvalue weighted by atomic mass is 16.4. The Kier molecular flexibility index (Phi) is 2.85. The second kappa shape index (κ2) is 4.73. The van der Waals surface area contributed by atoms with Gasteiger partial charge in [-0.15, -0.1) is 0 Å². The molecule has 1 saturated carbocycles. The van der Waals surface area contributed by atoms with Crippen LogP contribution in [0.3, 0.4) is 0 Å². The topological polar surface area (TPSA) is 32.6 Å². The predicted molar refractivity (Wildman–Crippen MR) is 84.1 cm³/mol. The maximum atomic E-state index is 9.18. The largest absolute Gasteiger partial charge is 0.411 e. The third-order valence-corrected chi connectivity index (χ3v) is 5.19. The van der Waals surface area contributed by atoms with Gasteiger partial charge in [-0.1, -0.05) is 53.7 Å². The summed E-state index contributed by atoms with van der Waals surface area (Å²) in [7, 11) is 0. The lowest BCUT2D eigenvalue weighted by Gasteiger charge is -2.29. The molecule has 0 saturated heterocycles. The highest BCUT2D eigenvalue weighted by Crippen LogP contribution is 2.46. The SMILES string of the molecule is O/N=C1\CCC2(C1)Cc1ccccc1Cc1ccccc12. The van der Waals surface area contributed by atoms with E-state index in [1.165, 1.54) is 22.3 Å². The maximum absolute atomic E-state index is 9.18. The van der Waals surface area contributed by atoms with E-state index in [1.54, 1.807) is 0 Å². The molecule has 0 heterocycles. The number of hydrogen-bond donors (Lipinski definition) is 1. The van der Waals surface area contributed by atoms with Crippen molar-refractivity contribution in [2.45, 2.75) is 37.5 Å². The Balaban J connectivity index is 1.91. The summed E-state index contributed by atoms with van der Waals surface area (Å²) in [4.78, 5) is 0. The van der Waals surface area contributed by atoms with Crippen molar-refractivity contribution in [2.75, 3.05) is 0 Å². The van der Waals surface area contributed by atoms with Crippen molar-refractivity contribution in [1.29, 1.82) is 0 Å². The van der Waals surface area contributed by atoms with E-state index >= 15 is 0 Å². The lowest BCUT2D eigenvalue weighted by atomic mass is 9.74. The molecule has 1 fully saturated rings. The van der Waals surface area contributed by atoms with Crippen LogP contribution in [-0.4, -0.2) is 10.9 Å². The van der Waals surface area contributed by atoms with Crippen LogP contribution < -0.4 is 0 Å². The predicted octanol–water partition coefficient (Wildman–Crippen LogP) is 4.09. The quantitative estimate of drug-likeness (QED) is 0.571. The van der Waals surface area contributed by atoms with Crippen molar-refractivity contribution in [3.05, 3.63) is 70.8 Å². The first kappa shape index (κ1) is 12.6. The molecule has 1 unspecified atom stereocenters. The molecule has 2 aliphatic rings. The molecule has 2 heteroatoms. The molecule has 0 aliphatic heterocycles. The lowest BCUT2D eigenvalue weighted by Crippen LogP contribution is -2.26. The molecular formula is C19H19NO. The van der Waals surface area contributed by atoms with E-state index in [4.69, 9.17) is 0 Å². The summed E-state index contributed by atoms with van der Waals surface area (Å²) in [6.45, 7) is 0.